The van der Waals surface area contributed by atoms with Gasteiger partial charge in [-0.05, 0) is 37.3 Å². The summed E-state index contributed by atoms with van der Waals surface area (Å²) in [5.74, 6) is -0.131. The number of hydrogen-bond acceptors (Lipinski definition) is 3. The predicted octanol–water partition coefficient (Wildman–Crippen LogP) is 5.17. The van der Waals surface area contributed by atoms with Gasteiger partial charge in [-0.1, -0.05) is 35.3 Å². The molecule has 3 nitrogen and oxygen atoms in total. The van der Waals surface area contributed by atoms with Crippen LogP contribution in [-0.4, -0.2) is 17.8 Å². The van der Waals surface area contributed by atoms with Crippen LogP contribution in [0.5, 0.6) is 0 Å². The Hall–Kier alpha value is -1.97. The van der Waals surface area contributed by atoms with E-state index in [0.29, 0.717) is 26.9 Å². The van der Waals surface area contributed by atoms with E-state index in [-0.39, 0.29) is 18.0 Å². The van der Waals surface area contributed by atoms with E-state index in [0.717, 1.165) is 0 Å². The number of hydrogen-bond donors (Lipinski definition) is 0. The molecule has 0 heterocycles. The van der Waals surface area contributed by atoms with Crippen molar-refractivity contribution >= 4 is 46.7 Å². The first-order valence-corrected chi connectivity index (χ1v) is 7.35. The maximum absolute atomic E-state index is 12.0. The second kappa shape index (κ2) is 7.34. The summed E-state index contributed by atoms with van der Waals surface area (Å²) < 4.78 is 0. The number of carbonyl (C=O) groups is 2. The van der Waals surface area contributed by atoms with E-state index in [4.69, 9.17) is 23.2 Å². The number of ketones is 2. The average Bonchev–Trinajstić information content (AvgIpc) is 2.50. The SMILES string of the molecule is CC(=O)c1cccc(N=CCC(=O)c2ccc(Cl)c(Cl)c2)c1. The predicted molar refractivity (Wildman–Crippen MR) is 90.0 cm³/mol. The van der Waals surface area contributed by atoms with Crippen molar-refractivity contribution in [1.82, 2.24) is 0 Å². The fraction of sp³-hybridized carbons (Fsp3) is 0.118. The second-order valence-electron chi connectivity index (χ2n) is 4.67. The van der Waals surface area contributed by atoms with Crippen molar-refractivity contribution in [1.29, 1.82) is 0 Å². The van der Waals surface area contributed by atoms with E-state index in [1.54, 1.807) is 36.4 Å². The van der Waals surface area contributed by atoms with E-state index in [1.165, 1.54) is 19.2 Å². The van der Waals surface area contributed by atoms with Gasteiger partial charge in [0.2, 0.25) is 0 Å². The van der Waals surface area contributed by atoms with Crippen LogP contribution >= 0.6 is 23.2 Å². The summed E-state index contributed by atoms with van der Waals surface area (Å²) in [6.07, 6.45) is 1.66. The normalized spacial score (nSPS) is 10.9. The lowest BCUT2D eigenvalue weighted by atomic mass is 10.1. The molecule has 0 bridgehead atoms. The lowest BCUT2D eigenvalue weighted by Gasteiger charge is -2.00. The number of nitrogens with zero attached hydrogens (tertiary/aromatic N) is 1. The lowest BCUT2D eigenvalue weighted by molar-refractivity contribution is 0.0997. The summed E-state index contributed by atoms with van der Waals surface area (Å²) in [6, 6.07) is 11.7. The van der Waals surface area contributed by atoms with Gasteiger partial charge < -0.3 is 0 Å². The van der Waals surface area contributed by atoms with E-state index in [1.807, 2.05) is 0 Å². The largest absolute Gasteiger partial charge is 0.295 e. The molecule has 0 radical (unpaired) electrons. The molecule has 0 aliphatic carbocycles. The molecule has 5 heteroatoms. The molecule has 0 amide bonds. The van der Waals surface area contributed by atoms with Crippen LogP contribution in [0, 0.1) is 0 Å². The van der Waals surface area contributed by atoms with Crippen molar-refractivity contribution in [2.75, 3.05) is 0 Å². The summed E-state index contributed by atoms with van der Waals surface area (Å²) in [5.41, 5.74) is 1.71. The number of aliphatic imine (C=N–C) groups is 1. The Morgan fingerprint density at radius 3 is 2.50 bits per heavy atom. The number of benzene rings is 2. The van der Waals surface area contributed by atoms with E-state index < -0.39 is 0 Å². The highest BCUT2D eigenvalue weighted by molar-refractivity contribution is 6.42. The van der Waals surface area contributed by atoms with Crippen LogP contribution in [0.4, 0.5) is 5.69 Å². The molecular formula is C17H13Cl2NO2. The Labute approximate surface area is 138 Å². The molecule has 0 atom stereocenters. The average molecular weight is 334 g/mol. The van der Waals surface area contributed by atoms with Crippen LogP contribution in [-0.2, 0) is 0 Å². The molecule has 22 heavy (non-hydrogen) atoms. The minimum Gasteiger partial charge on any atom is -0.295 e. The third-order valence-electron chi connectivity index (χ3n) is 3.01. The van der Waals surface area contributed by atoms with Crippen LogP contribution in [0.1, 0.15) is 34.1 Å². The third-order valence-corrected chi connectivity index (χ3v) is 3.75. The highest BCUT2D eigenvalue weighted by Gasteiger charge is 2.07. The van der Waals surface area contributed by atoms with E-state index in [2.05, 4.69) is 4.99 Å². The van der Waals surface area contributed by atoms with Crippen molar-refractivity contribution < 1.29 is 9.59 Å². The molecule has 0 aliphatic rings. The van der Waals surface area contributed by atoms with Crippen molar-refractivity contribution in [3.63, 3.8) is 0 Å². The molecule has 0 saturated carbocycles. The zero-order valence-corrected chi connectivity index (χ0v) is 13.4. The topological polar surface area (TPSA) is 46.5 Å². The first-order valence-electron chi connectivity index (χ1n) is 6.59. The van der Waals surface area contributed by atoms with Crippen LogP contribution in [0.3, 0.4) is 0 Å². The Bertz CT molecular complexity index is 754. The molecule has 0 unspecified atom stereocenters. The summed E-state index contributed by atoms with van der Waals surface area (Å²) in [5, 5.41) is 0.756. The smallest absolute Gasteiger partial charge is 0.168 e. The molecular weight excluding hydrogens is 321 g/mol. The summed E-state index contributed by atoms with van der Waals surface area (Å²) >= 11 is 11.7. The first-order chi connectivity index (χ1) is 10.5. The van der Waals surface area contributed by atoms with Gasteiger partial charge in [0.25, 0.3) is 0 Å². The van der Waals surface area contributed by atoms with Gasteiger partial charge >= 0.3 is 0 Å². The van der Waals surface area contributed by atoms with Gasteiger partial charge in [0, 0.05) is 23.8 Å². The van der Waals surface area contributed by atoms with Crippen molar-refractivity contribution in [3.05, 3.63) is 63.6 Å². The van der Waals surface area contributed by atoms with Gasteiger partial charge in [-0.15, -0.1) is 0 Å². The first kappa shape index (κ1) is 16.4. The van der Waals surface area contributed by atoms with Gasteiger partial charge in [-0.3, -0.25) is 14.6 Å². The molecule has 2 aromatic carbocycles. The Morgan fingerprint density at radius 1 is 1.05 bits per heavy atom. The molecule has 0 spiro atoms. The van der Waals surface area contributed by atoms with Gasteiger partial charge in [0.1, 0.15) is 0 Å². The maximum Gasteiger partial charge on any atom is 0.168 e. The van der Waals surface area contributed by atoms with Gasteiger partial charge in [-0.2, -0.15) is 0 Å². The summed E-state index contributed by atoms with van der Waals surface area (Å²) in [4.78, 5) is 27.5. The highest BCUT2D eigenvalue weighted by Crippen LogP contribution is 2.23. The monoisotopic (exact) mass is 333 g/mol. The third kappa shape index (κ3) is 4.26. The minimum absolute atomic E-state index is 0.0241. The number of carbonyl (C=O) groups excluding carboxylic acids is 2. The number of rotatable bonds is 5. The van der Waals surface area contributed by atoms with Crippen LogP contribution in [0.2, 0.25) is 10.0 Å². The minimum atomic E-state index is -0.106. The molecule has 0 aliphatic heterocycles. The molecule has 0 aromatic heterocycles. The van der Waals surface area contributed by atoms with Crippen molar-refractivity contribution in [2.24, 2.45) is 4.99 Å². The zero-order chi connectivity index (χ0) is 16.1. The fourth-order valence-corrected chi connectivity index (χ4v) is 2.12. The van der Waals surface area contributed by atoms with Crippen LogP contribution in [0.25, 0.3) is 0 Å². The maximum atomic E-state index is 12.0. The highest BCUT2D eigenvalue weighted by atomic mass is 35.5. The van der Waals surface area contributed by atoms with Gasteiger partial charge in [0.05, 0.1) is 15.7 Å². The van der Waals surface area contributed by atoms with Crippen LogP contribution < -0.4 is 0 Å². The second-order valence-corrected chi connectivity index (χ2v) is 5.49. The Morgan fingerprint density at radius 2 is 1.82 bits per heavy atom. The summed E-state index contributed by atoms with van der Waals surface area (Å²) in [7, 11) is 0. The lowest BCUT2D eigenvalue weighted by Crippen LogP contribution is -1.99. The molecule has 2 rings (SSSR count). The molecule has 0 fully saturated rings. The quantitative estimate of drug-likeness (QED) is 0.559. The molecule has 112 valence electrons. The fourth-order valence-electron chi connectivity index (χ4n) is 1.83. The van der Waals surface area contributed by atoms with Gasteiger partial charge in [0.15, 0.2) is 11.6 Å². The number of Topliss-reactive ketones (excluding diaryl/α,β-unsaturated/α-hetero) is 2. The zero-order valence-electron chi connectivity index (χ0n) is 11.8. The Kier molecular flexibility index (Phi) is 5.47. The van der Waals surface area contributed by atoms with E-state index in [9.17, 15) is 9.59 Å². The molecule has 2 aromatic rings. The molecule has 0 saturated heterocycles. The standard InChI is InChI=1S/C17H13Cl2NO2/c1-11(21)12-3-2-4-14(9-12)20-8-7-17(22)13-5-6-15(18)16(19)10-13/h2-6,8-10H,7H2,1H3. The number of halogens is 2. The molecule has 0 N–H and O–H groups in total. The van der Waals surface area contributed by atoms with E-state index >= 15 is 0 Å². The van der Waals surface area contributed by atoms with Crippen molar-refractivity contribution in [3.8, 4) is 0 Å². The van der Waals surface area contributed by atoms with Crippen LogP contribution in [0.15, 0.2) is 47.5 Å². The Balaban J connectivity index is 2.05. The van der Waals surface area contributed by atoms with Gasteiger partial charge in [-0.25, -0.2) is 0 Å². The van der Waals surface area contributed by atoms with Crippen molar-refractivity contribution in [2.45, 2.75) is 13.3 Å². The summed E-state index contributed by atoms with van der Waals surface area (Å²) in [6.45, 7) is 1.50.